The highest BCUT2D eigenvalue weighted by atomic mass is 79.9. The zero-order valence-electron chi connectivity index (χ0n) is 12.9. The number of unbranched alkanes of at least 4 members (excludes halogenated alkanes) is 1. The second-order valence-electron chi connectivity index (χ2n) is 5.00. The van der Waals surface area contributed by atoms with Crippen LogP contribution in [0.1, 0.15) is 31.4 Å². The second-order valence-corrected chi connectivity index (χ2v) is 5.80. The molecule has 6 nitrogen and oxygen atoms in total. The van der Waals surface area contributed by atoms with Crippen LogP contribution in [0.4, 0.5) is 4.39 Å². The van der Waals surface area contributed by atoms with Gasteiger partial charge in [0, 0.05) is 17.1 Å². The monoisotopic (exact) mass is 393 g/mol. The van der Waals surface area contributed by atoms with Gasteiger partial charge in [-0.3, -0.25) is 10.1 Å². The summed E-state index contributed by atoms with van der Waals surface area (Å²) in [4.78, 5) is 9.91. The molecule has 0 heterocycles. The van der Waals surface area contributed by atoms with Gasteiger partial charge in [0.05, 0.1) is 4.47 Å². The Kier molecular flexibility index (Phi) is 9.05. The van der Waals surface area contributed by atoms with Crippen molar-refractivity contribution in [1.29, 1.82) is 0 Å². The maximum atomic E-state index is 12.9. The minimum atomic E-state index is -1.25. The van der Waals surface area contributed by atoms with Crippen molar-refractivity contribution in [2.24, 2.45) is 0 Å². The first-order chi connectivity index (χ1) is 11.0. The number of alkyl halides is 1. The van der Waals surface area contributed by atoms with Crippen LogP contribution < -0.4 is 4.74 Å². The minimum absolute atomic E-state index is 0.0214. The summed E-state index contributed by atoms with van der Waals surface area (Å²) in [7, 11) is 0. The molecule has 0 aromatic heterocycles. The van der Waals surface area contributed by atoms with E-state index >= 15 is 0 Å². The van der Waals surface area contributed by atoms with E-state index in [0.717, 1.165) is 12.8 Å². The van der Waals surface area contributed by atoms with Gasteiger partial charge < -0.3 is 14.6 Å². The van der Waals surface area contributed by atoms with Gasteiger partial charge in [0.2, 0.25) is 6.54 Å². The van der Waals surface area contributed by atoms with Gasteiger partial charge in [-0.1, -0.05) is 25.5 Å². The number of halogens is 2. The summed E-state index contributed by atoms with van der Waals surface area (Å²) in [6.07, 6.45) is -0.105. The molecule has 0 saturated heterocycles. The summed E-state index contributed by atoms with van der Waals surface area (Å²) < 4.78 is 24.2. The molecule has 0 aliphatic rings. The summed E-state index contributed by atoms with van der Waals surface area (Å²) in [6, 6.07) is 4.81. The molecule has 0 saturated carbocycles. The lowest BCUT2D eigenvalue weighted by Crippen LogP contribution is -2.24. The van der Waals surface area contributed by atoms with E-state index < -0.39 is 30.4 Å². The number of aliphatic hydroxyl groups excluding tert-OH is 1. The molecule has 130 valence electrons. The number of benzene rings is 1. The van der Waals surface area contributed by atoms with E-state index in [1.807, 2.05) is 6.92 Å². The van der Waals surface area contributed by atoms with Crippen LogP contribution in [0.15, 0.2) is 22.7 Å². The van der Waals surface area contributed by atoms with E-state index in [0.29, 0.717) is 22.4 Å². The third-order valence-corrected chi connectivity index (χ3v) is 3.97. The molecule has 1 N–H and O–H groups in total. The van der Waals surface area contributed by atoms with E-state index in [4.69, 9.17) is 9.47 Å². The summed E-state index contributed by atoms with van der Waals surface area (Å²) in [5.74, 6) is 0.377. The summed E-state index contributed by atoms with van der Waals surface area (Å²) in [5, 5.41) is 20.4. The molecule has 0 fully saturated rings. The first-order valence-corrected chi connectivity index (χ1v) is 8.17. The number of aliphatic hydroxyl groups is 1. The minimum Gasteiger partial charge on any atom is -0.490 e. The number of hydrogen-bond acceptors (Lipinski definition) is 5. The summed E-state index contributed by atoms with van der Waals surface area (Å²) in [6.45, 7) is 1.24. The first kappa shape index (κ1) is 19.8. The predicted molar refractivity (Wildman–Crippen MR) is 87.1 cm³/mol. The molecule has 0 aliphatic carbocycles. The smallest absolute Gasteiger partial charge is 0.233 e. The largest absolute Gasteiger partial charge is 0.490 e. The topological polar surface area (TPSA) is 81.8 Å². The molecule has 1 rings (SSSR count). The van der Waals surface area contributed by atoms with Crippen molar-refractivity contribution in [3.8, 4) is 5.75 Å². The van der Waals surface area contributed by atoms with Crippen LogP contribution in [-0.4, -0.2) is 42.6 Å². The molecule has 0 spiro atoms. The van der Waals surface area contributed by atoms with Crippen LogP contribution in [0.5, 0.6) is 5.75 Å². The van der Waals surface area contributed by atoms with Crippen LogP contribution in [0.3, 0.4) is 0 Å². The molecular weight excluding hydrogens is 373 g/mol. The number of rotatable bonds is 11. The van der Waals surface area contributed by atoms with E-state index in [1.54, 1.807) is 18.2 Å². The van der Waals surface area contributed by atoms with Crippen molar-refractivity contribution in [2.45, 2.75) is 32.0 Å². The zero-order chi connectivity index (χ0) is 17.2. The molecule has 0 unspecified atom stereocenters. The number of ether oxygens (including phenoxy) is 2. The lowest BCUT2D eigenvalue weighted by molar-refractivity contribution is -0.491. The average molecular weight is 394 g/mol. The van der Waals surface area contributed by atoms with Crippen LogP contribution in [-0.2, 0) is 4.74 Å². The maximum absolute atomic E-state index is 12.9. The van der Waals surface area contributed by atoms with Crippen LogP contribution >= 0.6 is 15.9 Å². The Labute approximate surface area is 142 Å². The van der Waals surface area contributed by atoms with Gasteiger partial charge in [-0.2, -0.15) is 0 Å². The SMILES string of the molecule is CCCCO[C@H](CF)COc1cccc([C@H](O)C[N+](=O)[O-])c1Br. The Morgan fingerprint density at radius 2 is 2.22 bits per heavy atom. The fourth-order valence-corrected chi connectivity index (χ4v) is 2.49. The fraction of sp³-hybridized carbons (Fsp3) is 0.600. The van der Waals surface area contributed by atoms with Gasteiger partial charge in [0.25, 0.3) is 0 Å². The Bertz CT molecular complexity index is 503. The lowest BCUT2D eigenvalue weighted by atomic mass is 10.1. The van der Waals surface area contributed by atoms with Crippen molar-refractivity contribution >= 4 is 15.9 Å². The van der Waals surface area contributed by atoms with Crippen LogP contribution in [0.2, 0.25) is 0 Å². The predicted octanol–water partition coefficient (Wildman–Crippen LogP) is 3.29. The third-order valence-electron chi connectivity index (χ3n) is 3.12. The van der Waals surface area contributed by atoms with Crippen LogP contribution in [0, 0.1) is 10.1 Å². The standard InChI is InChI=1S/C15H21BrFNO5/c1-2-3-7-22-11(8-17)10-23-14-6-4-5-12(15(14)16)13(19)9-18(20)21/h4-6,11,13,19H,2-3,7-10H2,1H3/t11-,13-/m1/s1. The van der Waals surface area contributed by atoms with Gasteiger partial charge in [-0.15, -0.1) is 0 Å². The molecule has 8 heteroatoms. The third kappa shape index (κ3) is 6.80. The Hall–Kier alpha value is -1.25. The molecule has 0 bridgehead atoms. The number of hydrogen-bond donors (Lipinski definition) is 1. The quantitative estimate of drug-likeness (QED) is 0.354. The highest BCUT2D eigenvalue weighted by Gasteiger charge is 2.20. The molecule has 23 heavy (non-hydrogen) atoms. The molecule has 0 aliphatic heterocycles. The van der Waals surface area contributed by atoms with E-state index in [2.05, 4.69) is 15.9 Å². The molecular formula is C15H21BrFNO5. The second kappa shape index (κ2) is 10.5. The Morgan fingerprint density at radius 3 is 2.83 bits per heavy atom. The highest BCUT2D eigenvalue weighted by Crippen LogP contribution is 2.32. The van der Waals surface area contributed by atoms with Crippen molar-refractivity contribution in [3.63, 3.8) is 0 Å². The Balaban J connectivity index is 2.68. The molecule has 2 atom stereocenters. The van der Waals surface area contributed by atoms with E-state index in [1.165, 1.54) is 0 Å². The van der Waals surface area contributed by atoms with E-state index in [9.17, 15) is 19.6 Å². The van der Waals surface area contributed by atoms with Crippen LogP contribution in [0.25, 0.3) is 0 Å². The first-order valence-electron chi connectivity index (χ1n) is 7.38. The Morgan fingerprint density at radius 1 is 1.48 bits per heavy atom. The average Bonchev–Trinajstić information content (AvgIpc) is 2.51. The normalized spacial score (nSPS) is 13.6. The maximum Gasteiger partial charge on any atom is 0.233 e. The molecule has 1 aromatic rings. The molecule has 0 amide bonds. The van der Waals surface area contributed by atoms with Crippen molar-refractivity contribution in [3.05, 3.63) is 38.3 Å². The van der Waals surface area contributed by atoms with Gasteiger partial charge in [0.15, 0.2) is 0 Å². The zero-order valence-corrected chi connectivity index (χ0v) is 14.5. The molecule has 1 aromatic carbocycles. The van der Waals surface area contributed by atoms with Crippen molar-refractivity contribution in [1.82, 2.24) is 0 Å². The van der Waals surface area contributed by atoms with Crippen molar-refractivity contribution < 1.29 is 23.9 Å². The van der Waals surface area contributed by atoms with Gasteiger partial charge in [-0.25, -0.2) is 4.39 Å². The molecule has 0 radical (unpaired) electrons. The highest BCUT2D eigenvalue weighted by molar-refractivity contribution is 9.10. The summed E-state index contributed by atoms with van der Waals surface area (Å²) in [5.41, 5.74) is 0.350. The fourth-order valence-electron chi connectivity index (χ4n) is 1.85. The summed E-state index contributed by atoms with van der Waals surface area (Å²) >= 11 is 3.27. The van der Waals surface area contributed by atoms with Gasteiger partial charge in [-0.05, 0) is 28.4 Å². The van der Waals surface area contributed by atoms with E-state index in [-0.39, 0.29) is 6.61 Å². The lowest BCUT2D eigenvalue weighted by Gasteiger charge is -2.17. The van der Waals surface area contributed by atoms with Crippen molar-refractivity contribution in [2.75, 3.05) is 26.4 Å². The van der Waals surface area contributed by atoms with Gasteiger partial charge in [0.1, 0.15) is 31.2 Å². The number of nitrogens with zero attached hydrogens (tertiary/aromatic N) is 1. The van der Waals surface area contributed by atoms with Gasteiger partial charge >= 0.3 is 0 Å². The number of nitro groups is 1.